The lowest BCUT2D eigenvalue weighted by atomic mass is 10.0. The van der Waals surface area contributed by atoms with Crippen LogP contribution in [0.3, 0.4) is 0 Å². The predicted octanol–water partition coefficient (Wildman–Crippen LogP) is 0.409. The molecule has 2 N–H and O–H groups in total. The largest absolute Gasteiger partial charge is 0.633 e. The molecular formula is C6H15BO3. The van der Waals surface area contributed by atoms with Crippen molar-refractivity contribution in [1.29, 1.82) is 0 Å². The minimum atomic E-state index is -1.61. The van der Waals surface area contributed by atoms with Gasteiger partial charge in [0.2, 0.25) is 0 Å². The third-order valence-corrected chi connectivity index (χ3v) is 1.64. The van der Waals surface area contributed by atoms with E-state index in [9.17, 15) is 0 Å². The molecule has 0 aliphatic carbocycles. The van der Waals surface area contributed by atoms with Crippen molar-refractivity contribution in [2.24, 2.45) is 5.92 Å². The number of rotatable bonds is 5. The standard InChI is InChI=1S/C6H15BO3/c1-3-6(4-2)5-10-7(8)9/h6,8-9H,3-5H2,1-2H3. The quantitative estimate of drug-likeness (QED) is 0.552. The fraction of sp³-hybridized carbons (Fsp3) is 1.00. The van der Waals surface area contributed by atoms with E-state index in [0.29, 0.717) is 12.5 Å². The minimum Gasteiger partial charge on any atom is -0.402 e. The van der Waals surface area contributed by atoms with Crippen molar-refractivity contribution in [3.8, 4) is 0 Å². The molecule has 0 aromatic rings. The Morgan fingerprint density at radius 1 is 1.30 bits per heavy atom. The van der Waals surface area contributed by atoms with Crippen LogP contribution in [0.4, 0.5) is 0 Å². The average molecular weight is 146 g/mol. The first-order chi connectivity index (χ1) is 4.70. The number of hydrogen-bond donors (Lipinski definition) is 2. The SMILES string of the molecule is CCC(CC)COB(O)O. The highest BCUT2D eigenvalue weighted by Gasteiger charge is 2.11. The number of hydrogen-bond acceptors (Lipinski definition) is 3. The third-order valence-electron chi connectivity index (χ3n) is 1.64. The second kappa shape index (κ2) is 5.71. The van der Waals surface area contributed by atoms with E-state index < -0.39 is 7.32 Å². The summed E-state index contributed by atoms with van der Waals surface area (Å²) in [5.74, 6) is 0.446. The molecule has 0 heterocycles. The monoisotopic (exact) mass is 146 g/mol. The van der Waals surface area contributed by atoms with E-state index in [-0.39, 0.29) is 0 Å². The van der Waals surface area contributed by atoms with Gasteiger partial charge in [-0.3, -0.25) is 0 Å². The van der Waals surface area contributed by atoms with Crippen molar-refractivity contribution in [2.75, 3.05) is 6.61 Å². The highest BCUT2D eigenvalue weighted by Crippen LogP contribution is 2.06. The molecule has 60 valence electrons. The Bertz CT molecular complexity index is 73.4. The Kier molecular flexibility index (Phi) is 5.68. The molecule has 0 saturated carbocycles. The molecule has 0 radical (unpaired) electrons. The van der Waals surface area contributed by atoms with Crippen molar-refractivity contribution >= 4 is 7.32 Å². The zero-order chi connectivity index (χ0) is 7.98. The van der Waals surface area contributed by atoms with E-state index >= 15 is 0 Å². The molecule has 0 aromatic heterocycles. The average Bonchev–Trinajstić information content (AvgIpc) is 1.90. The summed E-state index contributed by atoms with van der Waals surface area (Å²) in [5, 5.41) is 16.7. The smallest absolute Gasteiger partial charge is 0.402 e. The normalized spacial score (nSPS) is 10.5. The second-order valence-electron chi connectivity index (χ2n) is 2.34. The molecule has 0 fully saturated rings. The predicted molar refractivity (Wildman–Crippen MR) is 40.2 cm³/mol. The summed E-state index contributed by atoms with van der Waals surface area (Å²) in [4.78, 5) is 0. The molecule has 3 nitrogen and oxygen atoms in total. The zero-order valence-electron chi connectivity index (χ0n) is 6.58. The first-order valence-corrected chi connectivity index (χ1v) is 3.68. The fourth-order valence-corrected chi connectivity index (χ4v) is 0.747. The Morgan fingerprint density at radius 3 is 2.10 bits per heavy atom. The highest BCUT2D eigenvalue weighted by molar-refractivity contribution is 6.32. The summed E-state index contributed by atoms with van der Waals surface area (Å²) in [6.07, 6.45) is 2.03. The van der Waals surface area contributed by atoms with Gasteiger partial charge >= 0.3 is 7.32 Å². The Hall–Kier alpha value is -0.0551. The lowest BCUT2D eigenvalue weighted by Gasteiger charge is -2.11. The second-order valence-corrected chi connectivity index (χ2v) is 2.34. The molecule has 0 aliphatic heterocycles. The van der Waals surface area contributed by atoms with Crippen LogP contribution in [0.1, 0.15) is 26.7 Å². The maximum Gasteiger partial charge on any atom is 0.633 e. The molecule has 0 unspecified atom stereocenters. The summed E-state index contributed by atoms with van der Waals surface area (Å²) >= 11 is 0. The van der Waals surface area contributed by atoms with Crippen LogP contribution in [-0.4, -0.2) is 24.0 Å². The molecule has 0 rings (SSSR count). The van der Waals surface area contributed by atoms with E-state index in [4.69, 9.17) is 10.0 Å². The lowest BCUT2D eigenvalue weighted by Crippen LogP contribution is -2.21. The van der Waals surface area contributed by atoms with Gasteiger partial charge in [0.15, 0.2) is 0 Å². The van der Waals surface area contributed by atoms with E-state index in [1.807, 2.05) is 0 Å². The van der Waals surface area contributed by atoms with Crippen molar-refractivity contribution < 1.29 is 14.7 Å². The molecule has 0 aliphatic rings. The van der Waals surface area contributed by atoms with Gasteiger partial charge in [-0.15, -0.1) is 0 Å². The lowest BCUT2D eigenvalue weighted by molar-refractivity contribution is 0.151. The summed E-state index contributed by atoms with van der Waals surface area (Å²) in [6, 6.07) is 0. The van der Waals surface area contributed by atoms with Crippen molar-refractivity contribution in [1.82, 2.24) is 0 Å². The van der Waals surface area contributed by atoms with Gasteiger partial charge in [-0.2, -0.15) is 0 Å². The van der Waals surface area contributed by atoms with Crippen molar-refractivity contribution in [3.63, 3.8) is 0 Å². The van der Waals surface area contributed by atoms with Gasteiger partial charge < -0.3 is 14.7 Å². The van der Waals surface area contributed by atoms with Gasteiger partial charge in [-0.05, 0) is 5.92 Å². The van der Waals surface area contributed by atoms with Gasteiger partial charge in [-0.1, -0.05) is 26.7 Å². The van der Waals surface area contributed by atoms with Crippen LogP contribution in [-0.2, 0) is 4.65 Å². The summed E-state index contributed by atoms with van der Waals surface area (Å²) in [7, 11) is -1.61. The molecule has 0 atom stereocenters. The molecule has 0 saturated heterocycles. The molecule has 0 spiro atoms. The summed E-state index contributed by atoms with van der Waals surface area (Å²) in [6.45, 7) is 4.55. The minimum absolute atomic E-state index is 0.435. The first-order valence-electron chi connectivity index (χ1n) is 3.68. The summed E-state index contributed by atoms with van der Waals surface area (Å²) < 4.78 is 4.60. The van der Waals surface area contributed by atoms with Gasteiger partial charge in [0.1, 0.15) is 0 Å². The van der Waals surface area contributed by atoms with E-state index in [2.05, 4.69) is 18.5 Å². The van der Waals surface area contributed by atoms with E-state index in [1.54, 1.807) is 0 Å². The van der Waals surface area contributed by atoms with Crippen LogP contribution in [0.25, 0.3) is 0 Å². The van der Waals surface area contributed by atoms with Crippen LogP contribution in [0, 0.1) is 5.92 Å². The van der Waals surface area contributed by atoms with Crippen molar-refractivity contribution in [3.05, 3.63) is 0 Å². The fourth-order valence-electron chi connectivity index (χ4n) is 0.747. The molecule has 0 amide bonds. The maximum atomic E-state index is 8.33. The Labute approximate surface area is 62.2 Å². The molecule has 0 bridgehead atoms. The van der Waals surface area contributed by atoms with Crippen molar-refractivity contribution in [2.45, 2.75) is 26.7 Å². The molecular weight excluding hydrogens is 131 g/mol. The Morgan fingerprint density at radius 2 is 1.80 bits per heavy atom. The molecule has 10 heavy (non-hydrogen) atoms. The Balaban J connectivity index is 3.26. The van der Waals surface area contributed by atoms with E-state index in [0.717, 1.165) is 12.8 Å². The van der Waals surface area contributed by atoms with Gasteiger partial charge in [0.05, 0.1) is 0 Å². The third kappa shape index (κ3) is 4.79. The summed E-state index contributed by atoms with van der Waals surface area (Å²) in [5.41, 5.74) is 0. The van der Waals surface area contributed by atoms with E-state index in [1.165, 1.54) is 0 Å². The maximum absolute atomic E-state index is 8.33. The topological polar surface area (TPSA) is 49.7 Å². The van der Waals surface area contributed by atoms with Crippen LogP contribution in [0.2, 0.25) is 0 Å². The van der Waals surface area contributed by atoms with Crippen LogP contribution >= 0.6 is 0 Å². The first kappa shape index (κ1) is 9.94. The van der Waals surface area contributed by atoms with Crippen LogP contribution in [0.15, 0.2) is 0 Å². The molecule has 4 heteroatoms. The zero-order valence-corrected chi connectivity index (χ0v) is 6.58. The van der Waals surface area contributed by atoms with Gasteiger partial charge in [-0.25, -0.2) is 0 Å². The van der Waals surface area contributed by atoms with Gasteiger partial charge in [0.25, 0.3) is 0 Å². The van der Waals surface area contributed by atoms with Crippen LogP contribution < -0.4 is 0 Å². The van der Waals surface area contributed by atoms with Gasteiger partial charge in [0, 0.05) is 6.61 Å². The molecule has 0 aromatic carbocycles. The van der Waals surface area contributed by atoms with Crippen LogP contribution in [0.5, 0.6) is 0 Å². The highest BCUT2D eigenvalue weighted by atomic mass is 16.6.